The minimum absolute atomic E-state index is 0.790. The molecule has 0 saturated carbocycles. The first-order valence-electron chi connectivity index (χ1n) is 6.35. The Bertz CT molecular complexity index is 744. The van der Waals surface area contributed by atoms with Crippen LogP contribution in [0.1, 0.15) is 11.3 Å². The topological polar surface area (TPSA) is 60.0 Å². The minimum Gasteiger partial charge on any atom is -0.316 e. The van der Waals surface area contributed by atoms with E-state index < -0.39 is 0 Å². The molecule has 1 N–H and O–H groups in total. The van der Waals surface area contributed by atoms with Gasteiger partial charge in [0.2, 0.25) is 5.16 Å². The standard InChI is InChI=1S/C13H16N6S/c1-9-10(8-14-2)12(18(3)17-9)20-13-16-15-11-6-4-5-7-19(11)13/h4-7,14H,8H2,1-3H3. The molecule has 104 valence electrons. The van der Waals surface area contributed by atoms with Crippen LogP contribution < -0.4 is 5.32 Å². The van der Waals surface area contributed by atoms with Crippen LogP contribution in [0.25, 0.3) is 5.65 Å². The number of aryl methyl sites for hydroxylation is 2. The molecule has 3 heterocycles. The number of pyridine rings is 1. The van der Waals surface area contributed by atoms with Gasteiger partial charge in [-0.2, -0.15) is 5.10 Å². The van der Waals surface area contributed by atoms with Crippen molar-refractivity contribution >= 4 is 17.4 Å². The lowest BCUT2D eigenvalue weighted by Gasteiger charge is -2.04. The molecular formula is C13H16N6S. The molecular weight excluding hydrogens is 272 g/mol. The van der Waals surface area contributed by atoms with E-state index in [1.807, 2.05) is 54.5 Å². The third-order valence-corrected chi connectivity index (χ3v) is 4.28. The number of fused-ring (bicyclic) bond motifs is 1. The summed E-state index contributed by atoms with van der Waals surface area (Å²) in [4.78, 5) is 0. The fourth-order valence-electron chi connectivity index (χ4n) is 2.16. The van der Waals surface area contributed by atoms with Gasteiger partial charge in [-0.3, -0.25) is 9.08 Å². The lowest BCUT2D eigenvalue weighted by atomic mass is 10.3. The number of nitrogens with one attached hydrogen (secondary N) is 1. The van der Waals surface area contributed by atoms with Crippen LogP contribution in [0.15, 0.2) is 34.6 Å². The molecule has 0 amide bonds. The fourth-order valence-corrected chi connectivity index (χ4v) is 3.19. The SMILES string of the molecule is CNCc1c(C)nn(C)c1Sc1nnc2ccccn12. The molecule has 0 bridgehead atoms. The van der Waals surface area contributed by atoms with Crippen molar-refractivity contribution in [3.05, 3.63) is 35.7 Å². The molecule has 7 heteroatoms. The summed E-state index contributed by atoms with van der Waals surface area (Å²) in [6, 6.07) is 5.88. The van der Waals surface area contributed by atoms with Gasteiger partial charge in [0, 0.05) is 25.4 Å². The van der Waals surface area contributed by atoms with E-state index in [1.165, 1.54) is 5.56 Å². The van der Waals surface area contributed by atoms with E-state index >= 15 is 0 Å². The Balaban J connectivity index is 2.03. The molecule has 20 heavy (non-hydrogen) atoms. The molecule has 0 aliphatic carbocycles. The van der Waals surface area contributed by atoms with Gasteiger partial charge in [0.15, 0.2) is 5.65 Å². The van der Waals surface area contributed by atoms with E-state index in [-0.39, 0.29) is 0 Å². The Morgan fingerprint density at radius 1 is 1.30 bits per heavy atom. The molecule has 0 fully saturated rings. The van der Waals surface area contributed by atoms with Crippen LogP contribution in [0.3, 0.4) is 0 Å². The number of hydrogen-bond donors (Lipinski definition) is 1. The zero-order valence-electron chi connectivity index (χ0n) is 11.7. The highest BCUT2D eigenvalue weighted by molar-refractivity contribution is 7.99. The summed E-state index contributed by atoms with van der Waals surface area (Å²) in [6.07, 6.45) is 1.97. The Kier molecular flexibility index (Phi) is 3.45. The molecule has 0 aromatic carbocycles. The summed E-state index contributed by atoms with van der Waals surface area (Å²) in [5.74, 6) is 0. The van der Waals surface area contributed by atoms with Crippen LogP contribution >= 0.6 is 11.8 Å². The Labute approximate surface area is 121 Å². The Morgan fingerprint density at radius 3 is 2.95 bits per heavy atom. The normalized spacial score (nSPS) is 11.3. The van der Waals surface area contributed by atoms with Crippen LogP contribution in [0.2, 0.25) is 0 Å². The van der Waals surface area contributed by atoms with Crippen molar-refractivity contribution in [1.29, 1.82) is 0 Å². The van der Waals surface area contributed by atoms with E-state index in [0.29, 0.717) is 0 Å². The summed E-state index contributed by atoms with van der Waals surface area (Å²) < 4.78 is 3.88. The summed E-state index contributed by atoms with van der Waals surface area (Å²) in [5, 5.41) is 18.0. The van der Waals surface area contributed by atoms with Crippen molar-refractivity contribution < 1.29 is 0 Å². The molecule has 3 rings (SSSR count). The number of aromatic nitrogens is 5. The summed E-state index contributed by atoms with van der Waals surface area (Å²) in [5.41, 5.74) is 3.09. The van der Waals surface area contributed by atoms with Gasteiger partial charge in [-0.1, -0.05) is 6.07 Å². The van der Waals surface area contributed by atoms with Crippen molar-refractivity contribution in [2.45, 2.75) is 23.7 Å². The second kappa shape index (κ2) is 5.26. The molecule has 3 aromatic rings. The maximum Gasteiger partial charge on any atom is 0.201 e. The third-order valence-electron chi connectivity index (χ3n) is 3.11. The van der Waals surface area contributed by atoms with Crippen molar-refractivity contribution in [1.82, 2.24) is 29.7 Å². The van der Waals surface area contributed by atoms with Gasteiger partial charge >= 0.3 is 0 Å². The molecule has 0 radical (unpaired) electrons. The Morgan fingerprint density at radius 2 is 2.15 bits per heavy atom. The quantitative estimate of drug-likeness (QED) is 0.791. The second-order valence-electron chi connectivity index (χ2n) is 4.54. The van der Waals surface area contributed by atoms with Crippen LogP contribution in [-0.4, -0.2) is 31.4 Å². The van der Waals surface area contributed by atoms with Crippen molar-refractivity contribution in [3.8, 4) is 0 Å². The average Bonchev–Trinajstić information content (AvgIpc) is 2.96. The zero-order valence-corrected chi connectivity index (χ0v) is 12.5. The zero-order chi connectivity index (χ0) is 14.1. The van der Waals surface area contributed by atoms with Gasteiger partial charge in [0.25, 0.3) is 0 Å². The summed E-state index contributed by atoms with van der Waals surface area (Å²) in [6.45, 7) is 2.82. The lowest BCUT2D eigenvalue weighted by molar-refractivity contribution is 0.682. The lowest BCUT2D eigenvalue weighted by Crippen LogP contribution is -2.07. The van der Waals surface area contributed by atoms with Crippen molar-refractivity contribution in [2.75, 3.05) is 7.05 Å². The smallest absolute Gasteiger partial charge is 0.201 e. The first kappa shape index (κ1) is 13.1. The maximum atomic E-state index is 4.49. The minimum atomic E-state index is 0.790. The Hall–Kier alpha value is -1.86. The van der Waals surface area contributed by atoms with Crippen LogP contribution in [0.5, 0.6) is 0 Å². The molecule has 0 atom stereocenters. The van der Waals surface area contributed by atoms with Gasteiger partial charge < -0.3 is 5.32 Å². The van der Waals surface area contributed by atoms with Crippen LogP contribution in [0, 0.1) is 6.92 Å². The summed E-state index contributed by atoms with van der Waals surface area (Å²) >= 11 is 1.59. The molecule has 0 unspecified atom stereocenters. The highest BCUT2D eigenvalue weighted by Crippen LogP contribution is 2.30. The first-order valence-corrected chi connectivity index (χ1v) is 7.17. The number of nitrogens with zero attached hydrogens (tertiary/aromatic N) is 5. The number of hydrogen-bond acceptors (Lipinski definition) is 5. The van der Waals surface area contributed by atoms with E-state index in [9.17, 15) is 0 Å². The third kappa shape index (κ3) is 2.19. The van der Waals surface area contributed by atoms with Crippen molar-refractivity contribution in [3.63, 3.8) is 0 Å². The predicted molar refractivity (Wildman–Crippen MR) is 77.8 cm³/mol. The van der Waals surface area contributed by atoms with Gasteiger partial charge in [-0.25, -0.2) is 0 Å². The van der Waals surface area contributed by atoms with Crippen molar-refractivity contribution in [2.24, 2.45) is 7.05 Å². The second-order valence-corrected chi connectivity index (χ2v) is 5.49. The largest absolute Gasteiger partial charge is 0.316 e. The molecule has 6 nitrogen and oxygen atoms in total. The highest BCUT2D eigenvalue weighted by Gasteiger charge is 2.16. The van der Waals surface area contributed by atoms with Gasteiger partial charge in [0.1, 0.15) is 5.03 Å². The van der Waals surface area contributed by atoms with Crippen LogP contribution in [-0.2, 0) is 13.6 Å². The molecule has 0 aliphatic heterocycles. The highest BCUT2D eigenvalue weighted by atomic mass is 32.2. The van der Waals surface area contributed by atoms with Crippen LogP contribution in [0.4, 0.5) is 0 Å². The fraction of sp³-hybridized carbons (Fsp3) is 0.308. The predicted octanol–water partition coefficient (Wildman–Crippen LogP) is 1.64. The van der Waals surface area contributed by atoms with Gasteiger partial charge in [-0.15, -0.1) is 10.2 Å². The molecule has 3 aromatic heterocycles. The maximum absolute atomic E-state index is 4.49. The monoisotopic (exact) mass is 288 g/mol. The van der Waals surface area contributed by atoms with Gasteiger partial charge in [-0.05, 0) is 37.9 Å². The molecule has 0 spiro atoms. The molecule has 0 saturated heterocycles. The average molecular weight is 288 g/mol. The molecule has 0 aliphatic rings. The van der Waals surface area contributed by atoms with E-state index in [2.05, 4.69) is 20.6 Å². The van der Waals surface area contributed by atoms with Gasteiger partial charge in [0.05, 0.1) is 5.69 Å². The number of rotatable bonds is 4. The van der Waals surface area contributed by atoms with E-state index in [4.69, 9.17) is 0 Å². The van der Waals surface area contributed by atoms with E-state index in [0.717, 1.165) is 28.1 Å². The summed E-state index contributed by atoms with van der Waals surface area (Å²) in [7, 11) is 3.89. The first-order chi connectivity index (χ1) is 9.70. The van der Waals surface area contributed by atoms with E-state index in [1.54, 1.807) is 11.8 Å².